The highest BCUT2D eigenvalue weighted by Gasteiger charge is 2.48. The lowest BCUT2D eigenvalue weighted by Crippen LogP contribution is -2.28. The van der Waals surface area contributed by atoms with Gasteiger partial charge in [0.1, 0.15) is 11.8 Å². The number of benzene rings is 2. The van der Waals surface area contributed by atoms with Crippen molar-refractivity contribution in [3.63, 3.8) is 0 Å². The van der Waals surface area contributed by atoms with E-state index in [0.717, 1.165) is 15.1 Å². The minimum Gasteiger partial charge on any atom is -0.507 e. The molecule has 154 valence electrons. The van der Waals surface area contributed by atoms with E-state index < -0.39 is 17.7 Å². The lowest BCUT2D eigenvalue weighted by Gasteiger charge is -2.21. The number of amides is 1. The first-order valence-corrected chi connectivity index (χ1v) is 11.5. The fourth-order valence-electron chi connectivity index (χ4n) is 3.60. The van der Waals surface area contributed by atoms with Crippen LogP contribution in [0, 0.1) is 6.92 Å². The average molecular weight is 467 g/mol. The Balaban J connectivity index is 1.71. The van der Waals surface area contributed by atoms with E-state index in [9.17, 15) is 14.7 Å². The summed E-state index contributed by atoms with van der Waals surface area (Å²) in [6.07, 6.45) is 0. The summed E-state index contributed by atoms with van der Waals surface area (Å²) in [6.45, 7) is 1.94. The van der Waals surface area contributed by atoms with Gasteiger partial charge in [-0.25, -0.2) is 4.98 Å². The van der Waals surface area contributed by atoms with E-state index in [1.54, 1.807) is 30.3 Å². The van der Waals surface area contributed by atoms with Crippen molar-refractivity contribution < 1.29 is 14.7 Å². The molecule has 31 heavy (non-hydrogen) atoms. The summed E-state index contributed by atoms with van der Waals surface area (Å²) in [5.41, 5.74) is 2.27. The summed E-state index contributed by atoms with van der Waals surface area (Å²) in [5, 5.41) is 13.9. The lowest BCUT2D eigenvalue weighted by atomic mass is 9.99. The van der Waals surface area contributed by atoms with Crippen molar-refractivity contribution in [2.45, 2.75) is 13.0 Å². The number of aryl methyl sites for hydroxylation is 1. The van der Waals surface area contributed by atoms with Crippen LogP contribution in [-0.2, 0) is 9.59 Å². The molecule has 8 heteroatoms. The number of hydrogen-bond donors (Lipinski definition) is 1. The predicted octanol–water partition coefficient (Wildman–Crippen LogP) is 5.95. The Morgan fingerprint density at radius 3 is 2.61 bits per heavy atom. The zero-order valence-electron chi connectivity index (χ0n) is 16.2. The van der Waals surface area contributed by atoms with Gasteiger partial charge in [0, 0.05) is 15.5 Å². The van der Waals surface area contributed by atoms with Crippen molar-refractivity contribution in [3.8, 4) is 0 Å². The molecular formula is C23H15ClN2O3S2. The number of fused-ring (bicyclic) bond motifs is 1. The number of aromatic nitrogens is 1. The van der Waals surface area contributed by atoms with Crippen LogP contribution in [0.3, 0.4) is 0 Å². The lowest BCUT2D eigenvalue weighted by molar-refractivity contribution is -0.132. The topological polar surface area (TPSA) is 70.5 Å². The Morgan fingerprint density at radius 2 is 1.90 bits per heavy atom. The van der Waals surface area contributed by atoms with Gasteiger partial charge in [0.25, 0.3) is 5.78 Å². The summed E-state index contributed by atoms with van der Waals surface area (Å²) in [7, 11) is 0. The molecule has 5 nitrogen and oxygen atoms in total. The Hall–Kier alpha value is -3.00. The van der Waals surface area contributed by atoms with Crippen molar-refractivity contribution in [2.24, 2.45) is 0 Å². The number of aliphatic hydroxyl groups is 1. The molecule has 1 saturated heterocycles. The first-order chi connectivity index (χ1) is 14.9. The molecule has 0 radical (unpaired) electrons. The minimum absolute atomic E-state index is 0.0635. The standard InChI is InChI=1S/C23H15ClN2O3S2/c1-12-4-6-13(7-5-12)20(27)18-19(16-3-2-10-30-16)26(22(29)21(18)28)23-25-15-9-8-14(24)11-17(15)31-23/h2-11,19,27H,1H3. The van der Waals surface area contributed by atoms with Gasteiger partial charge < -0.3 is 5.11 Å². The van der Waals surface area contributed by atoms with Crippen LogP contribution in [0.5, 0.6) is 0 Å². The van der Waals surface area contributed by atoms with Crippen molar-refractivity contribution in [1.82, 2.24) is 4.98 Å². The van der Waals surface area contributed by atoms with Crippen LogP contribution in [0.15, 0.2) is 65.6 Å². The van der Waals surface area contributed by atoms with E-state index in [2.05, 4.69) is 4.98 Å². The number of Topliss-reactive ketones (excluding diaryl/α,β-unsaturated/α-hetero) is 1. The summed E-state index contributed by atoms with van der Waals surface area (Å²) in [6, 6.07) is 15.4. The van der Waals surface area contributed by atoms with Crippen LogP contribution in [0.1, 0.15) is 22.0 Å². The summed E-state index contributed by atoms with van der Waals surface area (Å²) >= 11 is 8.80. The molecule has 2 aromatic carbocycles. The third kappa shape index (κ3) is 3.35. The molecule has 4 aromatic rings. The number of thiophene rings is 1. The second kappa shape index (κ2) is 7.60. The van der Waals surface area contributed by atoms with Crippen LogP contribution in [0.2, 0.25) is 5.02 Å². The van der Waals surface area contributed by atoms with Gasteiger partial charge in [0.2, 0.25) is 0 Å². The van der Waals surface area contributed by atoms with E-state index in [0.29, 0.717) is 21.2 Å². The van der Waals surface area contributed by atoms with Crippen molar-refractivity contribution >= 4 is 67.1 Å². The molecule has 1 amide bonds. The van der Waals surface area contributed by atoms with Gasteiger partial charge in [-0.05, 0) is 36.6 Å². The Bertz CT molecular complexity index is 1360. The molecule has 1 aliphatic heterocycles. The number of aliphatic hydroxyl groups excluding tert-OH is 1. The van der Waals surface area contributed by atoms with Gasteiger partial charge in [0.15, 0.2) is 5.13 Å². The Morgan fingerprint density at radius 1 is 1.13 bits per heavy atom. The van der Waals surface area contributed by atoms with Crippen molar-refractivity contribution in [3.05, 3.63) is 86.6 Å². The van der Waals surface area contributed by atoms with Gasteiger partial charge in [-0.15, -0.1) is 11.3 Å². The third-order valence-electron chi connectivity index (χ3n) is 5.13. The normalized spacial score (nSPS) is 18.3. The molecular weight excluding hydrogens is 452 g/mol. The summed E-state index contributed by atoms with van der Waals surface area (Å²) < 4.78 is 0.813. The summed E-state index contributed by atoms with van der Waals surface area (Å²) in [5.74, 6) is -1.63. The second-order valence-electron chi connectivity index (χ2n) is 7.16. The summed E-state index contributed by atoms with van der Waals surface area (Å²) in [4.78, 5) is 33.0. The number of carbonyl (C=O) groups excluding carboxylic acids is 2. The van der Waals surface area contributed by atoms with E-state index >= 15 is 0 Å². The molecule has 1 fully saturated rings. The zero-order valence-corrected chi connectivity index (χ0v) is 18.6. The highest BCUT2D eigenvalue weighted by Crippen LogP contribution is 2.45. The van der Waals surface area contributed by atoms with Crippen LogP contribution in [0.25, 0.3) is 16.0 Å². The largest absolute Gasteiger partial charge is 0.507 e. The van der Waals surface area contributed by atoms with Crippen LogP contribution >= 0.6 is 34.3 Å². The van der Waals surface area contributed by atoms with E-state index in [1.807, 2.05) is 36.6 Å². The van der Waals surface area contributed by atoms with Gasteiger partial charge in [-0.1, -0.05) is 58.8 Å². The molecule has 1 aliphatic rings. The quantitative estimate of drug-likeness (QED) is 0.230. The molecule has 0 aliphatic carbocycles. The molecule has 1 N–H and O–H groups in total. The highest BCUT2D eigenvalue weighted by molar-refractivity contribution is 7.22. The van der Waals surface area contributed by atoms with Gasteiger partial charge in [-0.3, -0.25) is 14.5 Å². The number of halogens is 1. The second-order valence-corrected chi connectivity index (χ2v) is 9.58. The fourth-order valence-corrected chi connectivity index (χ4v) is 5.69. The number of rotatable bonds is 3. The maximum absolute atomic E-state index is 13.1. The number of carbonyl (C=O) groups is 2. The molecule has 0 saturated carbocycles. The molecule has 1 unspecified atom stereocenters. The smallest absolute Gasteiger partial charge is 0.301 e. The molecule has 5 rings (SSSR count). The first kappa shape index (κ1) is 19.9. The number of anilines is 1. The number of nitrogens with zero attached hydrogens (tertiary/aromatic N) is 2. The van der Waals surface area contributed by atoms with E-state index in [-0.39, 0.29) is 11.3 Å². The molecule has 0 bridgehead atoms. The monoisotopic (exact) mass is 466 g/mol. The molecule has 2 aromatic heterocycles. The maximum atomic E-state index is 13.1. The maximum Gasteiger partial charge on any atom is 0.301 e. The Labute approximate surface area is 190 Å². The van der Waals surface area contributed by atoms with Gasteiger partial charge in [-0.2, -0.15) is 0 Å². The molecule has 3 heterocycles. The third-order valence-corrected chi connectivity index (χ3v) is 7.30. The molecule has 0 spiro atoms. The molecule has 1 atom stereocenters. The SMILES string of the molecule is Cc1ccc(C(O)=C2C(=O)C(=O)N(c3nc4ccc(Cl)cc4s3)C2c2cccs2)cc1. The van der Waals surface area contributed by atoms with E-state index in [1.165, 1.54) is 27.6 Å². The zero-order chi connectivity index (χ0) is 21.7. The average Bonchev–Trinajstić information content (AvgIpc) is 3.47. The van der Waals surface area contributed by atoms with Crippen LogP contribution in [-0.4, -0.2) is 21.8 Å². The number of ketones is 1. The van der Waals surface area contributed by atoms with Crippen molar-refractivity contribution in [1.29, 1.82) is 0 Å². The number of thiazole rings is 1. The van der Waals surface area contributed by atoms with Gasteiger partial charge in [0.05, 0.1) is 15.8 Å². The first-order valence-electron chi connectivity index (χ1n) is 9.41. The van der Waals surface area contributed by atoms with Crippen LogP contribution in [0.4, 0.5) is 5.13 Å². The number of hydrogen-bond acceptors (Lipinski definition) is 6. The fraction of sp³-hybridized carbons (Fsp3) is 0.0870. The minimum atomic E-state index is -0.752. The highest BCUT2D eigenvalue weighted by atomic mass is 35.5. The predicted molar refractivity (Wildman–Crippen MR) is 125 cm³/mol. The van der Waals surface area contributed by atoms with Crippen LogP contribution < -0.4 is 4.90 Å². The van der Waals surface area contributed by atoms with E-state index in [4.69, 9.17) is 11.6 Å². The van der Waals surface area contributed by atoms with Crippen molar-refractivity contribution in [2.75, 3.05) is 4.90 Å². The Kier molecular flexibility index (Phi) is 4.89. The van der Waals surface area contributed by atoms with Gasteiger partial charge >= 0.3 is 5.91 Å².